The molecule has 0 spiro atoms. The molecule has 1 aliphatic heterocycles. The van der Waals surface area contributed by atoms with Gasteiger partial charge in [0.15, 0.2) is 5.82 Å². The second-order valence-electron chi connectivity index (χ2n) is 5.13. The Hall–Kier alpha value is -1.68. The average Bonchev–Trinajstić information content (AvgIpc) is 2.96. The van der Waals surface area contributed by atoms with Gasteiger partial charge in [-0.25, -0.2) is 4.98 Å². The lowest BCUT2D eigenvalue weighted by molar-refractivity contribution is 0.398. The first kappa shape index (κ1) is 12.4. The number of nitrogens with zero attached hydrogens (tertiary/aromatic N) is 2. The highest BCUT2D eigenvalue weighted by Gasteiger charge is 2.18. The summed E-state index contributed by atoms with van der Waals surface area (Å²) in [6.07, 6.45) is 5.61. The van der Waals surface area contributed by atoms with Crippen LogP contribution in [0.3, 0.4) is 0 Å². The van der Waals surface area contributed by atoms with Crippen LogP contribution in [-0.4, -0.2) is 21.7 Å². The third-order valence-electron chi connectivity index (χ3n) is 3.66. The Morgan fingerprint density at radius 3 is 2.79 bits per heavy atom. The van der Waals surface area contributed by atoms with Crippen molar-refractivity contribution >= 4 is 0 Å². The third kappa shape index (κ3) is 3.20. The minimum Gasteiger partial charge on any atom is -0.307 e. The molecule has 1 fully saturated rings. The van der Waals surface area contributed by atoms with Gasteiger partial charge in [0.1, 0.15) is 5.82 Å². The summed E-state index contributed by atoms with van der Waals surface area (Å²) in [5, 5.41) is 10.9. The zero-order chi connectivity index (χ0) is 12.9. The number of benzene rings is 1. The van der Waals surface area contributed by atoms with Crippen LogP contribution in [0.1, 0.15) is 42.5 Å². The third-order valence-corrected chi connectivity index (χ3v) is 3.66. The van der Waals surface area contributed by atoms with Crippen molar-refractivity contribution in [3.05, 3.63) is 47.5 Å². The number of hydrogen-bond donors (Lipinski definition) is 2. The molecule has 4 nitrogen and oxygen atoms in total. The first-order valence-electron chi connectivity index (χ1n) is 7.10. The predicted octanol–water partition coefficient (Wildman–Crippen LogP) is 2.40. The van der Waals surface area contributed by atoms with Gasteiger partial charge in [-0.2, -0.15) is 5.10 Å². The molecule has 1 aromatic carbocycles. The van der Waals surface area contributed by atoms with Crippen molar-refractivity contribution in [3.8, 4) is 0 Å². The number of hydrogen-bond acceptors (Lipinski definition) is 3. The van der Waals surface area contributed by atoms with E-state index in [4.69, 9.17) is 0 Å². The predicted molar refractivity (Wildman–Crippen MR) is 74.8 cm³/mol. The molecule has 1 unspecified atom stereocenters. The molecule has 3 rings (SSSR count). The van der Waals surface area contributed by atoms with E-state index in [-0.39, 0.29) is 0 Å². The molecular formula is C15H20N4. The van der Waals surface area contributed by atoms with Crippen molar-refractivity contribution in [3.63, 3.8) is 0 Å². The monoisotopic (exact) mass is 256 g/mol. The highest BCUT2D eigenvalue weighted by atomic mass is 15.2. The minimum absolute atomic E-state index is 0.343. The van der Waals surface area contributed by atoms with Gasteiger partial charge in [-0.3, -0.25) is 5.10 Å². The van der Waals surface area contributed by atoms with Crippen molar-refractivity contribution < 1.29 is 0 Å². The molecule has 0 aliphatic carbocycles. The largest absolute Gasteiger partial charge is 0.307 e. The number of aromatic amines is 1. The molecule has 1 aliphatic rings. The van der Waals surface area contributed by atoms with E-state index in [0.717, 1.165) is 37.5 Å². The molecule has 100 valence electrons. The van der Waals surface area contributed by atoms with Gasteiger partial charge in [0, 0.05) is 6.42 Å². The Labute approximate surface area is 113 Å². The van der Waals surface area contributed by atoms with Crippen molar-refractivity contribution in [2.45, 2.75) is 38.1 Å². The number of piperidine rings is 1. The highest BCUT2D eigenvalue weighted by molar-refractivity contribution is 5.15. The Morgan fingerprint density at radius 1 is 1.11 bits per heavy atom. The summed E-state index contributed by atoms with van der Waals surface area (Å²) >= 11 is 0. The number of H-pyrrole nitrogens is 1. The first-order chi connectivity index (χ1) is 9.42. The van der Waals surface area contributed by atoms with Gasteiger partial charge in [0.25, 0.3) is 0 Å². The molecular weight excluding hydrogens is 236 g/mol. The number of rotatable bonds is 4. The molecule has 2 heterocycles. The number of nitrogens with one attached hydrogen (secondary N) is 2. The molecule has 2 aromatic rings. The molecule has 0 saturated carbocycles. The Bertz CT molecular complexity index is 500. The summed E-state index contributed by atoms with van der Waals surface area (Å²) in [7, 11) is 0. The molecule has 0 radical (unpaired) electrons. The SMILES string of the molecule is c1ccc(CCc2nc(C3CCCCN3)n[nH]2)cc1. The first-order valence-corrected chi connectivity index (χ1v) is 7.10. The summed E-state index contributed by atoms with van der Waals surface area (Å²) < 4.78 is 0. The summed E-state index contributed by atoms with van der Waals surface area (Å²) in [5.74, 6) is 1.92. The normalized spacial score (nSPS) is 19.5. The second-order valence-corrected chi connectivity index (χ2v) is 5.13. The van der Waals surface area contributed by atoms with Gasteiger partial charge in [-0.05, 0) is 31.4 Å². The Morgan fingerprint density at radius 2 is 2.00 bits per heavy atom. The van der Waals surface area contributed by atoms with Crippen LogP contribution in [0.15, 0.2) is 30.3 Å². The van der Waals surface area contributed by atoms with E-state index in [1.807, 2.05) is 6.07 Å². The molecule has 19 heavy (non-hydrogen) atoms. The highest BCUT2D eigenvalue weighted by Crippen LogP contribution is 2.19. The Balaban J connectivity index is 1.58. The molecule has 1 saturated heterocycles. The maximum Gasteiger partial charge on any atom is 0.167 e. The second kappa shape index (κ2) is 5.97. The maximum absolute atomic E-state index is 4.62. The molecule has 4 heteroatoms. The van der Waals surface area contributed by atoms with Gasteiger partial charge in [-0.15, -0.1) is 0 Å². The molecule has 1 atom stereocenters. The van der Waals surface area contributed by atoms with E-state index in [1.54, 1.807) is 0 Å². The van der Waals surface area contributed by atoms with Gasteiger partial charge in [0.2, 0.25) is 0 Å². The molecule has 1 aromatic heterocycles. The summed E-state index contributed by atoms with van der Waals surface area (Å²) in [4.78, 5) is 4.62. The van der Waals surface area contributed by atoms with Crippen LogP contribution in [0.4, 0.5) is 0 Å². The van der Waals surface area contributed by atoms with Gasteiger partial charge in [-0.1, -0.05) is 36.8 Å². The van der Waals surface area contributed by atoms with Crippen molar-refractivity contribution in [1.82, 2.24) is 20.5 Å². The van der Waals surface area contributed by atoms with Gasteiger partial charge >= 0.3 is 0 Å². The van der Waals surface area contributed by atoms with Crippen molar-refractivity contribution in [1.29, 1.82) is 0 Å². The summed E-state index contributed by atoms with van der Waals surface area (Å²) in [5.41, 5.74) is 1.34. The fourth-order valence-electron chi connectivity index (χ4n) is 2.56. The van der Waals surface area contributed by atoms with Gasteiger partial charge in [0.05, 0.1) is 6.04 Å². The topological polar surface area (TPSA) is 53.6 Å². The van der Waals surface area contributed by atoms with Crippen molar-refractivity contribution in [2.24, 2.45) is 0 Å². The quantitative estimate of drug-likeness (QED) is 0.883. The van der Waals surface area contributed by atoms with Crippen LogP contribution in [0.5, 0.6) is 0 Å². The lowest BCUT2D eigenvalue weighted by Crippen LogP contribution is -2.27. The lowest BCUT2D eigenvalue weighted by Gasteiger charge is -2.20. The summed E-state index contributed by atoms with van der Waals surface area (Å²) in [6, 6.07) is 10.8. The van der Waals surface area contributed by atoms with Crippen LogP contribution in [0.25, 0.3) is 0 Å². The maximum atomic E-state index is 4.62. The van der Waals surface area contributed by atoms with E-state index in [9.17, 15) is 0 Å². The van der Waals surface area contributed by atoms with Gasteiger partial charge < -0.3 is 5.32 Å². The van der Waals surface area contributed by atoms with E-state index < -0.39 is 0 Å². The Kier molecular flexibility index (Phi) is 3.89. The average molecular weight is 256 g/mol. The fraction of sp³-hybridized carbons (Fsp3) is 0.467. The van der Waals surface area contributed by atoms with E-state index in [2.05, 4.69) is 44.8 Å². The van der Waals surface area contributed by atoms with Crippen LogP contribution in [0.2, 0.25) is 0 Å². The smallest absolute Gasteiger partial charge is 0.167 e. The van der Waals surface area contributed by atoms with E-state index in [1.165, 1.54) is 18.4 Å². The zero-order valence-electron chi connectivity index (χ0n) is 11.1. The number of aryl methyl sites for hydroxylation is 2. The van der Waals surface area contributed by atoms with Crippen LogP contribution in [0, 0.1) is 0 Å². The standard InChI is InChI=1S/C15H20N4/c1-2-6-12(7-3-1)9-10-14-17-15(19-18-14)13-8-4-5-11-16-13/h1-3,6-7,13,16H,4-5,8-11H2,(H,17,18,19). The van der Waals surface area contributed by atoms with Crippen molar-refractivity contribution in [2.75, 3.05) is 6.54 Å². The molecule has 0 bridgehead atoms. The van der Waals surface area contributed by atoms with Crippen LogP contribution >= 0.6 is 0 Å². The van der Waals surface area contributed by atoms with E-state index in [0.29, 0.717) is 6.04 Å². The van der Waals surface area contributed by atoms with E-state index >= 15 is 0 Å². The molecule has 2 N–H and O–H groups in total. The number of aromatic nitrogens is 3. The van der Waals surface area contributed by atoms with Crippen LogP contribution < -0.4 is 5.32 Å². The zero-order valence-corrected chi connectivity index (χ0v) is 11.1. The minimum atomic E-state index is 0.343. The summed E-state index contributed by atoms with van der Waals surface area (Å²) in [6.45, 7) is 1.08. The van der Waals surface area contributed by atoms with Crippen LogP contribution in [-0.2, 0) is 12.8 Å². The molecule has 0 amide bonds. The fourth-order valence-corrected chi connectivity index (χ4v) is 2.56. The lowest BCUT2D eigenvalue weighted by atomic mass is 10.0.